The van der Waals surface area contributed by atoms with Crippen molar-refractivity contribution < 1.29 is 21.5 Å². The molecule has 1 spiro atoms. The van der Waals surface area contributed by atoms with Crippen LogP contribution < -0.4 is 17.0 Å². The second-order valence-electron chi connectivity index (χ2n) is 5.51. The van der Waals surface area contributed by atoms with Gasteiger partial charge in [0.25, 0.3) is 0 Å². The average Bonchev–Trinajstić information content (AvgIpc) is 2.87. The van der Waals surface area contributed by atoms with Gasteiger partial charge in [-0.05, 0) is 0 Å². The zero-order valence-corrected chi connectivity index (χ0v) is 11.9. The van der Waals surface area contributed by atoms with Crippen LogP contribution in [0.15, 0.2) is 48.5 Å². The zero-order chi connectivity index (χ0) is 11.3. The summed E-state index contributed by atoms with van der Waals surface area (Å²) in [6.07, 6.45) is 0. The van der Waals surface area contributed by atoms with Gasteiger partial charge in [-0.3, -0.25) is 0 Å². The third-order valence-electron chi connectivity index (χ3n) is 4.26. The second-order valence-corrected chi connectivity index (χ2v) is 5.51. The summed E-state index contributed by atoms with van der Waals surface area (Å²) < 4.78 is 1.22. The van der Waals surface area contributed by atoms with Crippen molar-refractivity contribution >= 4 is 0 Å². The van der Waals surface area contributed by atoms with Gasteiger partial charge >= 0.3 is 0 Å². The summed E-state index contributed by atoms with van der Waals surface area (Å²) in [5.41, 5.74) is 6.22. The summed E-state index contributed by atoms with van der Waals surface area (Å²) in [5, 5.41) is 0. The van der Waals surface area contributed by atoms with Crippen LogP contribution in [0, 0.1) is 0 Å². The Balaban J connectivity index is 0.000001000. The lowest BCUT2D eigenvalue weighted by Crippen LogP contribution is -3.00. The number of benzene rings is 2. The van der Waals surface area contributed by atoms with Gasteiger partial charge in [0.05, 0.1) is 0 Å². The molecular formula is C16H16BrN. The summed E-state index contributed by atoms with van der Waals surface area (Å²) >= 11 is 0. The molecule has 2 heteroatoms. The Morgan fingerprint density at radius 3 is 1.11 bits per heavy atom. The number of fused-ring (bicyclic) bond motifs is 2. The molecule has 18 heavy (non-hydrogen) atoms. The van der Waals surface area contributed by atoms with E-state index in [4.69, 9.17) is 0 Å². The van der Waals surface area contributed by atoms with E-state index in [1.54, 1.807) is 22.3 Å². The largest absolute Gasteiger partial charge is 1.00 e. The fourth-order valence-electron chi connectivity index (χ4n) is 3.51. The van der Waals surface area contributed by atoms with Crippen LogP contribution in [0.3, 0.4) is 0 Å². The van der Waals surface area contributed by atoms with E-state index in [0.29, 0.717) is 0 Å². The van der Waals surface area contributed by atoms with E-state index in [2.05, 4.69) is 48.5 Å². The number of rotatable bonds is 0. The molecule has 2 aliphatic rings. The Morgan fingerprint density at radius 2 is 0.833 bits per heavy atom. The minimum atomic E-state index is 0. The molecule has 92 valence electrons. The van der Waals surface area contributed by atoms with Crippen LogP contribution in [0.4, 0.5) is 0 Å². The van der Waals surface area contributed by atoms with Gasteiger partial charge in [-0.1, -0.05) is 48.5 Å². The molecule has 0 fully saturated rings. The molecule has 0 aliphatic carbocycles. The monoisotopic (exact) mass is 301 g/mol. The van der Waals surface area contributed by atoms with E-state index >= 15 is 0 Å². The van der Waals surface area contributed by atoms with Crippen LogP contribution in [-0.2, 0) is 26.2 Å². The smallest absolute Gasteiger partial charge is 0.106 e. The van der Waals surface area contributed by atoms with Gasteiger partial charge in [-0.15, -0.1) is 0 Å². The SMILES string of the molecule is [Br-].c1ccc2c(c1)C[N+]1(C2)Cc2ccccc2C1. The molecule has 0 unspecified atom stereocenters. The first kappa shape index (κ1) is 11.9. The first-order valence-corrected chi connectivity index (χ1v) is 6.33. The highest BCUT2D eigenvalue weighted by molar-refractivity contribution is 5.32. The number of quaternary nitrogens is 1. The van der Waals surface area contributed by atoms with E-state index in [1.807, 2.05) is 0 Å². The summed E-state index contributed by atoms with van der Waals surface area (Å²) in [5.74, 6) is 0. The number of halogens is 1. The van der Waals surface area contributed by atoms with Crippen molar-refractivity contribution in [3.8, 4) is 0 Å². The van der Waals surface area contributed by atoms with Crippen LogP contribution in [0.1, 0.15) is 22.3 Å². The summed E-state index contributed by atoms with van der Waals surface area (Å²) in [7, 11) is 0. The Hall–Kier alpha value is -1.12. The molecule has 0 radical (unpaired) electrons. The summed E-state index contributed by atoms with van der Waals surface area (Å²) in [6, 6.07) is 17.9. The minimum Gasteiger partial charge on any atom is -1.00 e. The maximum atomic E-state index is 2.30. The Kier molecular flexibility index (Phi) is 2.80. The molecule has 4 rings (SSSR count). The standard InChI is InChI=1S/C16H16N.BrH/c1-2-6-14-10-17(9-13(14)5-1)11-15-7-3-4-8-16(15)12-17;/h1-8H,9-12H2;1H/q+1;/p-1. The number of nitrogens with zero attached hydrogens (tertiary/aromatic N) is 1. The highest BCUT2D eigenvalue weighted by Gasteiger charge is 2.40. The van der Waals surface area contributed by atoms with Crippen molar-refractivity contribution in [3.63, 3.8) is 0 Å². The minimum absolute atomic E-state index is 0. The van der Waals surface area contributed by atoms with Gasteiger partial charge in [0.15, 0.2) is 0 Å². The van der Waals surface area contributed by atoms with Crippen molar-refractivity contribution in [2.75, 3.05) is 0 Å². The van der Waals surface area contributed by atoms with Gasteiger partial charge in [-0.2, -0.15) is 0 Å². The molecule has 0 saturated carbocycles. The maximum absolute atomic E-state index is 2.30. The van der Waals surface area contributed by atoms with Crippen LogP contribution in [0.25, 0.3) is 0 Å². The molecular weight excluding hydrogens is 286 g/mol. The lowest BCUT2D eigenvalue weighted by Gasteiger charge is -2.28. The fourth-order valence-corrected chi connectivity index (χ4v) is 3.51. The Morgan fingerprint density at radius 1 is 0.556 bits per heavy atom. The second kappa shape index (κ2) is 4.22. The van der Waals surface area contributed by atoms with Gasteiger partial charge in [0.2, 0.25) is 0 Å². The van der Waals surface area contributed by atoms with Crippen LogP contribution in [0.2, 0.25) is 0 Å². The molecule has 2 aliphatic heterocycles. The Bertz CT molecular complexity index is 484. The quantitative estimate of drug-likeness (QED) is 0.612. The summed E-state index contributed by atoms with van der Waals surface area (Å²) in [6.45, 7) is 4.85. The third kappa shape index (κ3) is 1.72. The topological polar surface area (TPSA) is 0 Å². The molecule has 0 amide bonds. The third-order valence-corrected chi connectivity index (χ3v) is 4.26. The predicted molar refractivity (Wildman–Crippen MR) is 68.0 cm³/mol. The maximum Gasteiger partial charge on any atom is 0.106 e. The van der Waals surface area contributed by atoms with Crippen molar-refractivity contribution in [3.05, 3.63) is 70.8 Å². The number of hydrogen-bond donors (Lipinski definition) is 0. The average molecular weight is 302 g/mol. The molecule has 0 atom stereocenters. The highest BCUT2D eigenvalue weighted by atomic mass is 79.9. The van der Waals surface area contributed by atoms with Crippen molar-refractivity contribution in [1.29, 1.82) is 0 Å². The van der Waals surface area contributed by atoms with Crippen molar-refractivity contribution in [1.82, 2.24) is 0 Å². The lowest BCUT2D eigenvalue weighted by atomic mass is 10.1. The molecule has 2 aromatic rings. The first-order chi connectivity index (χ1) is 8.35. The molecule has 0 saturated heterocycles. The fraction of sp³-hybridized carbons (Fsp3) is 0.250. The molecule has 2 heterocycles. The van der Waals surface area contributed by atoms with E-state index in [9.17, 15) is 0 Å². The number of hydrogen-bond acceptors (Lipinski definition) is 0. The predicted octanol–water partition coefficient (Wildman–Crippen LogP) is 0.235. The van der Waals surface area contributed by atoms with Crippen LogP contribution >= 0.6 is 0 Å². The van der Waals surface area contributed by atoms with Gasteiger partial charge < -0.3 is 21.5 Å². The highest BCUT2D eigenvalue weighted by Crippen LogP contribution is 2.39. The Labute approximate surface area is 118 Å². The van der Waals surface area contributed by atoms with Crippen molar-refractivity contribution in [2.45, 2.75) is 26.2 Å². The summed E-state index contributed by atoms with van der Waals surface area (Å²) in [4.78, 5) is 0. The van der Waals surface area contributed by atoms with Gasteiger partial charge in [0.1, 0.15) is 26.2 Å². The van der Waals surface area contributed by atoms with E-state index in [1.165, 1.54) is 30.7 Å². The van der Waals surface area contributed by atoms with Gasteiger partial charge in [0, 0.05) is 22.3 Å². The lowest BCUT2D eigenvalue weighted by molar-refractivity contribution is -0.966. The van der Waals surface area contributed by atoms with E-state index in [-0.39, 0.29) is 17.0 Å². The molecule has 1 nitrogen and oxygen atoms in total. The van der Waals surface area contributed by atoms with E-state index in [0.717, 1.165) is 0 Å². The van der Waals surface area contributed by atoms with Gasteiger partial charge in [-0.25, -0.2) is 0 Å². The zero-order valence-electron chi connectivity index (χ0n) is 10.3. The normalized spacial score (nSPS) is 18.2. The molecule has 0 aromatic heterocycles. The van der Waals surface area contributed by atoms with Crippen molar-refractivity contribution in [2.24, 2.45) is 0 Å². The molecule has 2 aromatic carbocycles. The van der Waals surface area contributed by atoms with Crippen LogP contribution in [0.5, 0.6) is 0 Å². The van der Waals surface area contributed by atoms with E-state index < -0.39 is 0 Å². The van der Waals surface area contributed by atoms with Crippen LogP contribution in [-0.4, -0.2) is 4.48 Å². The molecule has 0 bridgehead atoms. The molecule has 0 N–H and O–H groups in total. The first-order valence-electron chi connectivity index (χ1n) is 6.33.